The number of carbonyl (C=O) groups excluding carboxylic acids is 2. The Morgan fingerprint density at radius 2 is 1.95 bits per heavy atom. The van der Waals surface area contributed by atoms with Gasteiger partial charge in [0, 0.05) is 24.0 Å². The van der Waals surface area contributed by atoms with E-state index in [1.54, 1.807) is 24.5 Å². The van der Waals surface area contributed by atoms with E-state index < -0.39 is 11.8 Å². The second kappa shape index (κ2) is 8.14. The minimum Gasteiger partial charge on any atom is -0.345 e. The highest BCUT2D eigenvalue weighted by atomic mass is 16.2. The highest BCUT2D eigenvalue weighted by Gasteiger charge is 2.19. The summed E-state index contributed by atoms with van der Waals surface area (Å²) in [5.74, 6) is -1.36. The number of pyridine rings is 1. The molecule has 2 N–H and O–H groups in total. The quantitative estimate of drug-likeness (QED) is 0.381. The van der Waals surface area contributed by atoms with Crippen molar-refractivity contribution in [2.45, 2.75) is 44.6 Å². The van der Waals surface area contributed by atoms with Gasteiger partial charge in [-0.2, -0.15) is 5.10 Å². The summed E-state index contributed by atoms with van der Waals surface area (Å²) in [6.45, 7) is 0. The number of amides is 2. The Balaban J connectivity index is 1.77. The summed E-state index contributed by atoms with van der Waals surface area (Å²) >= 11 is 0. The van der Waals surface area contributed by atoms with Gasteiger partial charge >= 0.3 is 11.8 Å². The maximum absolute atomic E-state index is 11.8. The lowest BCUT2D eigenvalue weighted by molar-refractivity contribution is -0.139. The molecule has 1 aliphatic carbocycles. The van der Waals surface area contributed by atoms with Gasteiger partial charge in [-0.05, 0) is 18.9 Å². The van der Waals surface area contributed by atoms with Gasteiger partial charge in [0.25, 0.3) is 0 Å². The van der Waals surface area contributed by atoms with Crippen molar-refractivity contribution in [1.82, 2.24) is 15.7 Å². The van der Waals surface area contributed by atoms with Gasteiger partial charge in [-0.3, -0.25) is 14.6 Å². The second-order valence-electron chi connectivity index (χ2n) is 5.15. The van der Waals surface area contributed by atoms with Crippen LogP contribution in [0.2, 0.25) is 0 Å². The fraction of sp³-hybridized carbons (Fsp3) is 0.467. The SMILES string of the molecule is O=C(NN=Cc1cccnc1)C(=O)NC1CCCCCC1. The first-order chi connectivity index (χ1) is 10.3. The molecule has 0 bridgehead atoms. The highest BCUT2D eigenvalue weighted by Crippen LogP contribution is 2.16. The van der Waals surface area contributed by atoms with Crippen molar-refractivity contribution in [3.63, 3.8) is 0 Å². The zero-order valence-electron chi connectivity index (χ0n) is 11.9. The van der Waals surface area contributed by atoms with Crippen LogP contribution >= 0.6 is 0 Å². The molecule has 6 heteroatoms. The van der Waals surface area contributed by atoms with E-state index in [0.29, 0.717) is 0 Å². The molecule has 1 fully saturated rings. The van der Waals surface area contributed by atoms with Crippen LogP contribution in [0.5, 0.6) is 0 Å². The number of hydrogen-bond donors (Lipinski definition) is 2. The molecule has 1 aromatic heterocycles. The van der Waals surface area contributed by atoms with Crippen LogP contribution in [-0.2, 0) is 9.59 Å². The molecule has 1 aromatic rings. The lowest BCUT2D eigenvalue weighted by atomic mass is 10.1. The molecule has 0 radical (unpaired) electrons. The summed E-state index contributed by atoms with van der Waals surface area (Å²) in [4.78, 5) is 27.3. The number of rotatable bonds is 3. The third-order valence-corrected chi connectivity index (χ3v) is 3.46. The fourth-order valence-corrected chi connectivity index (χ4v) is 2.34. The Bertz CT molecular complexity index is 494. The largest absolute Gasteiger partial charge is 0.345 e. The summed E-state index contributed by atoms with van der Waals surface area (Å²) in [6.07, 6.45) is 11.2. The maximum atomic E-state index is 11.8. The van der Waals surface area contributed by atoms with E-state index in [0.717, 1.165) is 31.2 Å². The molecule has 0 spiro atoms. The fourth-order valence-electron chi connectivity index (χ4n) is 2.34. The smallest absolute Gasteiger partial charge is 0.329 e. The van der Waals surface area contributed by atoms with Crippen molar-refractivity contribution in [3.05, 3.63) is 30.1 Å². The molecule has 2 amide bonds. The predicted octanol–water partition coefficient (Wildman–Crippen LogP) is 1.37. The lowest BCUT2D eigenvalue weighted by Crippen LogP contribution is -2.43. The van der Waals surface area contributed by atoms with Gasteiger partial charge in [0.2, 0.25) is 0 Å². The summed E-state index contributed by atoms with van der Waals surface area (Å²) in [5, 5.41) is 6.52. The van der Waals surface area contributed by atoms with E-state index in [2.05, 4.69) is 20.8 Å². The zero-order chi connectivity index (χ0) is 14.9. The molecular formula is C15H20N4O2. The molecule has 0 aliphatic heterocycles. The molecule has 1 saturated carbocycles. The van der Waals surface area contributed by atoms with Gasteiger partial charge in [0.15, 0.2) is 0 Å². The van der Waals surface area contributed by atoms with Crippen molar-refractivity contribution in [2.24, 2.45) is 5.10 Å². The number of nitrogens with one attached hydrogen (secondary N) is 2. The van der Waals surface area contributed by atoms with Crippen molar-refractivity contribution in [2.75, 3.05) is 0 Å². The average Bonchev–Trinajstić information content (AvgIpc) is 2.77. The van der Waals surface area contributed by atoms with E-state index in [1.165, 1.54) is 19.1 Å². The van der Waals surface area contributed by atoms with Gasteiger partial charge in [0.1, 0.15) is 0 Å². The van der Waals surface area contributed by atoms with Crippen molar-refractivity contribution in [1.29, 1.82) is 0 Å². The Kier molecular flexibility index (Phi) is 5.87. The molecule has 112 valence electrons. The Hall–Kier alpha value is -2.24. The number of carbonyl (C=O) groups is 2. The van der Waals surface area contributed by atoms with Crippen molar-refractivity contribution in [3.8, 4) is 0 Å². The first-order valence-electron chi connectivity index (χ1n) is 7.29. The topological polar surface area (TPSA) is 83.5 Å². The van der Waals surface area contributed by atoms with E-state index in [4.69, 9.17) is 0 Å². The molecule has 21 heavy (non-hydrogen) atoms. The molecular weight excluding hydrogens is 268 g/mol. The van der Waals surface area contributed by atoms with Crippen molar-refractivity contribution >= 4 is 18.0 Å². The van der Waals surface area contributed by atoms with Gasteiger partial charge in [-0.15, -0.1) is 0 Å². The van der Waals surface area contributed by atoms with Crippen LogP contribution in [0.1, 0.15) is 44.1 Å². The van der Waals surface area contributed by atoms with Crippen LogP contribution in [0.15, 0.2) is 29.6 Å². The van der Waals surface area contributed by atoms with Gasteiger partial charge in [0.05, 0.1) is 6.21 Å². The van der Waals surface area contributed by atoms with Gasteiger partial charge in [-0.1, -0.05) is 31.7 Å². The Morgan fingerprint density at radius 3 is 2.62 bits per heavy atom. The maximum Gasteiger partial charge on any atom is 0.329 e. The van der Waals surface area contributed by atoms with Crippen LogP contribution in [0.4, 0.5) is 0 Å². The molecule has 0 aromatic carbocycles. The van der Waals surface area contributed by atoms with E-state index in [-0.39, 0.29) is 6.04 Å². The third kappa shape index (κ3) is 5.33. The summed E-state index contributed by atoms with van der Waals surface area (Å²) < 4.78 is 0. The molecule has 0 atom stereocenters. The number of aromatic nitrogens is 1. The lowest BCUT2D eigenvalue weighted by Gasteiger charge is -2.14. The summed E-state index contributed by atoms with van der Waals surface area (Å²) in [6, 6.07) is 3.67. The van der Waals surface area contributed by atoms with E-state index in [9.17, 15) is 9.59 Å². The van der Waals surface area contributed by atoms with Crippen LogP contribution in [-0.4, -0.2) is 29.1 Å². The molecule has 0 saturated heterocycles. The molecule has 1 heterocycles. The molecule has 2 rings (SSSR count). The third-order valence-electron chi connectivity index (χ3n) is 3.46. The second-order valence-corrected chi connectivity index (χ2v) is 5.15. The number of nitrogens with zero attached hydrogens (tertiary/aromatic N) is 2. The summed E-state index contributed by atoms with van der Waals surface area (Å²) in [7, 11) is 0. The normalized spacial score (nSPS) is 16.4. The first-order valence-corrected chi connectivity index (χ1v) is 7.29. The molecule has 1 aliphatic rings. The van der Waals surface area contributed by atoms with Crippen LogP contribution in [0, 0.1) is 0 Å². The first kappa shape index (κ1) is 15.2. The van der Waals surface area contributed by atoms with Crippen LogP contribution in [0.3, 0.4) is 0 Å². The van der Waals surface area contributed by atoms with Crippen LogP contribution in [0.25, 0.3) is 0 Å². The number of hydrazone groups is 1. The standard InChI is InChI=1S/C15H20N4O2/c20-14(18-13-7-3-1-2-4-8-13)15(21)19-17-11-12-6-5-9-16-10-12/h5-6,9-11,13H,1-4,7-8H2,(H,18,20)(H,19,21). The Morgan fingerprint density at radius 1 is 1.19 bits per heavy atom. The minimum atomic E-state index is -0.737. The van der Waals surface area contributed by atoms with Crippen LogP contribution < -0.4 is 10.7 Å². The molecule has 0 unspecified atom stereocenters. The Labute approximate surface area is 124 Å². The molecule has 6 nitrogen and oxygen atoms in total. The number of hydrogen-bond acceptors (Lipinski definition) is 4. The van der Waals surface area contributed by atoms with Gasteiger partial charge < -0.3 is 5.32 Å². The van der Waals surface area contributed by atoms with Gasteiger partial charge in [-0.25, -0.2) is 5.43 Å². The van der Waals surface area contributed by atoms with E-state index >= 15 is 0 Å². The zero-order valence-corrected chi connectivity index (χ0v) is 11.9. The average molecular weight is 288 g/mol. The van der Waals surface area contributed by atoms with E-state index in [1.807, 2.05) is 0 Å². The summed E-state index contributed by atoms with van der Waals surface area (Å²) in [5.41, 5.74) is 2.98. The predicted molar refractivity (Wildman–Crippen MR) is 79.6 cm³/mol. The van der Waals surface area contributed by atoms with Crippen molar-refractivity contribution < 1.29 is 9.59 Å². The monoisotopic (exact) mass is 288 g/mol. The highest BCUT2D eigenvalue weighted by molar-refractivity contribution is 6.35. The minimum absolute atomic E-state index is 0.105.